The summed E-state index contributed by atoms with van der Waals surface area (Å²) in [5, 5.41) is 3.00. The molecule has 11 heteroatoms. The Morgan fingerprint density at radius 2 is 1.96 bits per heavy atom. The van der Waals surface area contributed by atoms with Crippen LogP contribution < -0.4 is 10.8 Å². The molecule has 0 radical (unpaired) electrons. The van der Waals surface area contributed by atoms with Gasteiger partial charge < -0.3 is 10.2 Å². The van der Waals surface area contributed by atoms with Gasteiger partial charge in [-0.2, -0.15) is 0 Å². The molecule has 2 N–H and O–H groups in total. The molecule has 154 valence electrons. The third kappa shape index (κ3) is 6.67. The first-order valence-corrected chi connectivity index (χ1v) is 9.92. The zero-order valence-electron chi connectivity index (χ0n) is 14.8. The van der Waals surface area contributed by atoms with Crippen molar-refractivity contribution in [1.82, 2.24) is 10.4 Å². The highest BCUT2D eigenvalue weighted by Crippen LogP contribution is 2.34. The molecule has 0 aliphatic carbocycles. The minimum absolute atomic E-state index is 0. The summed E-state index contributed by atoms with van der Waals surface area (Å²) >= 11 is 11.1. The zero-order valence-corrected chi connectivity index (χ0v) is 20.1. The van der Waals surface area contributed by atoms with E-state index < -0.39 is 17.5 Å². The van der Waals surface area contributed by atoms with E-state index in [1.54, 1.807) is 18.2 Å². The second-order valence-corrected chi connectivity index (χ2v) is 8.25. The lowest BCUT2D eigenvalue weighted by molar-refractivity contribution is 0.0263. The Labute approximate surface area is 194 Å². The molecular formula is C17H17BrCl2F2IN3O2. The Morgan fingerprint density at radius 1 is 1.29 bits per heavy atom. The van der Waals surface area contributed by atoms with Crippen LogP contribution in [0.15, 0.2) is 28.7 Å². The fourth-order valence-corrected chi connectivity index (χ4v) is 3.33. The first kappa shape index (κ1) is 25.3. The van der Waals surface area contributed by atoms with Gasteiger partial charge in [-0.15, -0.1) is 12.4 Å². The average Bonchev–Trinajstić information content (AvgIpc) is 2.60. The summed E-state index contributed by atoms with van der Waals surface area (Å²) in [6, 6.07) is 6.18. The smallest absolute Gasteiger partial charge is 0.277 e. The predicted molar refractivity (Wildman–Crippen MR) is 121 cm³/mol. The van der Waals surface area contributed by atoms with Gasteiger partial charge in [0.15, 0.2) is 11.6 Å². The Bertz CT molecular complexity index is 860. The molecule has 0 aromatic heterocycles. The molecule has 0 aliphatic rings. The van der Waals surface area contributed by atoms with Crippen molar-refractivity contribution in [3.8, 4) is 0 Å². The molecule has 0 heterocycles. The lowest BCUT2D eigenvalue weighted by Gasteiger charge is -2.16. The summed E-state index contributed by atoms with van der Waals surface area (Å²) in [6.07, 6.45) is 0. The summed E-state index contributed by atoms with van der Waals surface area (Å²) < 4.78 is 29.3. The second kappa shape index (κ2) is 11.5. The van der Waals surface area contributed by atoms with Crippen LogP contribution in [0.5, 0.6) is 0 Å². The molecule has 28 heavy (non-hydrogen) atoms. The van der Waals surface area contributed by atoms with Crippen LogP contribution in [0.1, 0.15) is 10.4 Å². The molecule has 2 aromatic rings. The number of nitrogens with zero attached hydrogens (tertiary/aromatic N) is 1. The van der Waals surface area contributed by atoms with Crippen LogP contribution in [0, 0.1) is 15.2 Å². The van der Waals surface area contributed by atoms with Gasteiger partial charge in [0.1, 0.15) is 0 Å². The fourth-order valence-electron chi connectivity index (χ4n) is 2.02. The summed E-state index contributed by atoms with van der Waals surface area (Å²) in [5.41, 5.74) is 2.08. The molecule has 0 fully saturated rings. The number of rotatable bonds is 7. The number of nitrogens with one attached hydrogen (secondary N) is 2. The van der Waals surface area contributed by atoms with Crippen molar-refractivity contribution in [2.45, 2.75) is 0 Å². The standard InChI is InChI=1S/C17H16BrClF2IN3O2.ClH/c1-25(2)5-6-27-24-17(26)10-8-11(18)14(20)15(21)16(10)23-13-4-3-9(22)7-12(13)19;/h3-4,7-8,23H,5-6H2,1-2H3,(H,24,26);1H. The summed E-state index contributed by atoms with van der Waals surface area (Å²) in [6.45, 7) is 0.806. The van der Waals surface area contributed by atoms with Crippen LogP contribution >= 0.6 is 62.5 Å². The first-order chi connectivity index (χ1) is 12.7. The normalized spacial score (nSPS) is 10.6. The number of hydroxylamine groups is 1. The highest BCUT2D eigenvalue weighted by molar-refractivity contribution is 14.1. The number of amides is 1. The Kier molecular flexibility index (Phi) is 10.4. The van der Waals surface area contributed by atoms with E-state index in [2.05, 4.69) is 49.3 Å². The van der Waals surface area contributed by atoms with E-state index in [0.717, 1.165) is 3.57 Å². The minimum Gasteiger partial charge on any atom is -0.351 e. The number of hydrogen-bond donors (Lipinski definition) is 2. The van der Waals surface area contributed by atoms with Crippen LogP contribution in [0.2, 0.25) is 5.02 Å². The zero-order chi connectivity index (χ0) is 20.1. The van der Waals surface area contributed by atoms with Crippen molar-refractivity contribution in [3.05, 3.63) is 54.5 Å². The number of halogens is 6. The van der Waals surface area contributed by atoms with E-state index >= 15 is 0 Å². The number of hydrogen-bond acceptors (Lipinski definition) is 4. The number of carbonyl (C=O) groups excluding carboxylic acids is 1. The summed E-state index contributed by atoms with van der Waals surface area (Å²) in [4.78, 5) is 19.4. The molecule has 2 rings (SSSR count). The van der Waals surface area contributed by atoms with E-state index in [0.29, 0.717) is 17.3 Å². The third-order valence-electron chi connectivity index (χ3n) is 3.40. The third-order valence-corrected chi connectivity index (χ3v) is 4.96. The monoisotopic (exact) mass is 609 g/mol. The lowest BCUT2D eigenvalue weighted by atomic mass is 10.1. The maximum absolute atomic E-state index is 14.5. The molecule has 2 aromatic carbocycles. The van der Waals surface area contributed by atoms with Crippen molar-refractivity contribution >= 4 is 79.8 Å². The topological polar surface area (TPSA) is 53.6 Å². The first-order valence-electron chi connectivity index (χ1n) is 7.67. The van der Waals surface area contributed by atoms with Crippen molar-refractivity contribution < 1.29 is 18.4 Å². The quantitative estimate of drug-likeness (QED) is 0.192. The molecule has 0 spiro atoms. The van der Waals surface area contributed by atoms with E-state index in [9.17, 15) is 13.6 Å². The van der Waals surface area contributed by atoms with Crippen molar-refractivity contribution in [3.63, 3.8) is 0 Å². The molecule has 0 bridgehead atoms. The van der Waals surface area contributed by atoms with Crippen molar-refractivity contribution in [1.29, 1.82) is 0 Å². The average molecular weight is 611 g/mol. The Hall–Kier alpha value is -0.720. The van der Waals surface area contributed by atoms with Crippen molar-refractivity contribution in [2.24, 2.45) is 0 Å². The van der Waals surface area contributed by atoms with E-state index in [4.69, 9.17) is 16.4 Å². The van der Waals surface area contributed by atoms with Gasteiger partial charge >= 0.3 is 0 Å². The Morgan fingerprint density at radius 3 is 2.57 bits per heavy atom. The Balaban J connectivity index is 0.00000392. The van der Waals surface area contributed by atoms with Crippen LogP contribution in [-0.4, -0.2) is 38.1 Å². The molecule has 0 saturated carbocycles. The van der Waals surface area contributed by atoms with Gasteiger partial charge in [0.05, 0.1) is 33.0 Å². The SMILES string of the molecule is CN(C)CCONC(=O)c1cc(Br)c(F)c(F)c1Nc1ccc(I)cc1Cl.Cl. The van der Waals surface area contributed by atoms with Crippen LogP contribution in [0.3, 0.4) is 0 Å². The fraction of sp³-hybridized carbons (Fsp3) is 0.235. The van der Waals surface area contributed by atoms with Crippen molar-refractivity contribution in [2.75, 3.05) is 32.6 Å². The number of likely N-dealkylation sites (N-methyl/N-ethyl adjacent to an activating group) is 1. The van der Waals surface area contributed by atoms with Gasteiger partial charge in [0.25, 0.3) is 5.91 Å². The van der Waals surface area contributed by atoms with E-state index in [-0.39, 0.29) is 34.7 Å². The molecule has 0 atom stereocenters. The number of anilines is 2. The largest absolute Gasteiger partial charge is 0.351 e. The molecule has 0 saturated heterocycles. The second-order valence-electron chi connectivity index (χ2n) is 5.74. The van der Waals surface area contributed by atoms with Gasteiger partial charge in [-0.3, -0.25) is 9.63 Å². The van der Waals surface area contributed by atoms with Gasteiger partial charge in [-0.05, 0) is 76.9 Å². The molecule has 0 unspecified atom stereocenters. The summed E-state index contributed by atoms with van der Waals surface area (Å²) in [5.74, 6) is -3.06. The summed E-state index contributed by atoms with van der Waals surface area (Å²) in [7, 11) is 3.70. The van der Waals surface area contributed by atoms with E-state index in [1.807, 2.05) is 19.0 Å². The number of benzene rings is 2. The van der Waals surface area contributed by atoms with Gasteiger partial charge in [-0.25, -0.2) is 14.3 Å². The van der Waals surface area contributed by atoms with Gasteiger partial charge in [0.2, 0.25) is 0 Å². The molecule has 0 aliphatic heterocycles. The maximum Gasteiger partial charge on any atom is 0.277 e. The molecule has 5 nitrogen and oxygen atoms in total. The van der Waals surface area contributed by atoms with Gasteiger partial charge in [-0.1, -0.05) is 11.6 Å². The van der Waals surface area contributed by atoms with Crippen LogP contribution in [-0.2, 0) is 4.84 Å². The predicted octanol–water partition coefficient (Wildman–Crippen LogP) is 5.37. The van der Waals surface area contributed by atoms with E-state index in [1.165, 1.54) is 6.07 Å². The number of carbonyl (C=O) groups is 1. The lowest BCUT2D eigenvalue weighted by Crippen LogP contribution is -2.29. The highest BCUT2D eigenvalue weighted by Gasteiger charge is 2.23. The molecule has 1 amide bonds. The maximum atomic E-state index is 14.5. The van der Waals surface area contributed by atoms with Crippen LogP contribution in [0.4, 0.5) is 20.2 Å². The molecular weight excluding hydrogens is 594 g/mol. The van der Waals surface area contributed by atoms with Crippen LogP contribution in [0.25, 0.3) is 0 Å². The highest BCUT2D eigenvalue weighted by atomic mass is 127. The minimum atomic E-state index is -1.21. The van der Waals surface area contributed by atoms with Gasteiger partial charge in [0, 0.05) is 10.1 Å².